The van der Waals surface area contributed by atoms with Crippen LogP contribution < -0.4 is 5.32 Å². The molecule has 0 spiro atoms. The van der Waals surface area contributed by atoms with Gasteiger partial charge < -0.3 is 10.4 Å². The number of halogens is 2. The first-order valence-corrected chi connectivity index (χ1v) is 15.6. The molecule has 7 nitrogen and oxygen atoms in total. The Balaban J connectivity index is 1.53. The lowest BCUT2D eigenvalue weighted by Crippen LogP contribution is -2.58. The molecular weight excluding hydrogens is 579 g/mol. The fourth-order valence-corrected chi connectivity index (χ4v) is 7.96. The second-order valence-corrected chi connectivity index (χ2v) is 13.1. The van der Waals surface area contributed by atoms with Gasteiger partial charge in [-0.3, -0.25) is 4.79 Å². The van der Waals surface area contributed by atoms with Crippen molar-refractivity contribution in [1.29, 1.82) is 0 Å². The van der Waals surface area contributed by atoms with E-state index in [-0.39, 0.29) is 34.3 Å². The van der Waals surface area contributed by atoms with Crippen LogP contribution in [0.1, 0.15) is 25.3 Å². The Bertz CT molecular complexity index is 1480. The molecule has 11 heteroatoms. The quantitative estimate of drug-likeness (QED) is 0.301. The van der Waals surface area contributed by atoms with E-state index >= 15 is 0 Å². The summed E-state index contributed by atoms with van der Waals surface area (Å²) in [5.74, 6) is -1.88. The van der Waals surface area contributed by atoms with E-state index in [0.29, 0.717) is 6.42 Å². The van der Waals surface area contributed by atoms with Crippen molar-refractivity contribution in [3.05, 3.63) is 82.3 Å². The van der Waals surface area contributed by atoms with Gasteiger partial charge in [-0.25, -0.2) is 13.2 Å². The van der Waals surface area contributed by atoms with Gasteiger partial charge in [0.25, 0.3) is 0 Å². The Hall–Kier alpha value is -2.56. The van der Waals surface area contributed by atoms with Gasteiger partial charge in [-0.15, -0.1) is 11.8 Å². The molecule has 4 rings (SSSR count). The molecule has 0 aliphatic carbocycles. The summed E-state index contributed by atoms with van der Waals surface area (Å²) in [7, 11) is -4.13. The summed E-state index contributed by atoms with van der Waals surface area (Å²) in [6.45, 7) is 1.61. The highest BCUT2D eigenvalue weighted by atomic mass is 35.5. The zero-order chi connectivity index (χ0) is 28.4. The molecule has 0 radical (unpaired) electrons. The molecule has 1 aliphatic heterocycles. The lowest BCUT2D eigenvalue weighted by Gasteiger charge is -2.34. The van der Waals surface area contributed by atoms with Crippen LogP contribution in [-0.4, -0.2) is 54.1 Å². The van der Waals surface area contributed by atoms with Gasteiger partial charge in [0.1, 0.15) is 11.6 Å². The lowest BCUT2D eigenvalue weighted by molar-refractivity contribution is -0.143. The van der Waals surface area contributed by atoms with E-state index in [9.17, 15) is 23.1 Å². The first-order valence-electron chi connectivity index (χ1n) is 12.2. The SMILES string of the molecule is CSc1ccccc1-c1ccc(C[C@H](NC(=O)[C@]2(C)CCCN2S(=O)(=O)c2cc(Cl)cc(Cl)c2)C(=O)O)cc1. The van der Waals surface area contributed by atoms with Crippen LogP contribution in [0.4, 0.5) is 0 Å². The summed E-state index contributed by atoms with van der Waals surface area (Å²) in [6.07, 6.45) is 2.73. The average Bonchev–Trinajstić information content (AvgIpc) is 3.31. The highest BCUT2D eigenvalue weighted by Crippen LogP contribution is 2.36. The van der Waals surface area contributed by atoms with Crippen LogP contribution in [0.3, 0.4) is 0 Å². The molecule has 0 bridgehead atoms. The van der Waals surface area contributed by atoms with E-state index in [1.54, 1.807) is 11.8 Å². The molecule has 3 aromatic carbocycles. The summed E-state index contributed by atoms with van der Waals surface area (Å²) >= 11 is 13.7. The van der Waals surface area contributed by atoms with Gasteiger partial charge in [-0.05, 0) is 67.0 Å². The van der Waals surface area contributed by atoms with Crippen molar-refractivity contribution in [3.63, 3.8) is 0 Å². The average molecular weight is 608 g/mol. The zero-order valence-electron chi connectivity index (χ0n) is 21.4. The van der Waals surface area contributed by atoms with Crippen molar-refractivity contribution in [1.82, 2.24) is 9.62 Å². The van der Waals surface area contributed by atoms with Crippen LogP contribution >= 0.6 is 35.0 Å². The number of benzene rings is 3. The van der Waals surface area contributed by atoms with Gasteiger partial charge in [-0.2, -0.15) is 4.31 Å². The molecule has 2 N–H and O–H groups in total. The minimum absolute atomic E-state index is 0.0399. The van der Waals surface area contributed by atoms with E-state index < -0.39 is 33.5 Å². The molecule has 39 heavy (non-hydrogen) atoms. The van der Waals surface area contributed by atoms with Gasteiger partial charge in [0.2, 0.25) is 15.9 Å². The number of nitrogens with one attached hydrogen (secondary N) is 1. The number of carbonyl (C=O) groups excluding carboxylic acids is 1. The molecule has 1 heterocycles. The Morgan fingerprint density at radius 2 is 1.72 bits per heavy atom. The summed E-state index contributed by atoms with van der Waals surface area (Å²) < 4.78 is 28.1. The van der Waals surface area contributed by atoms with Crippen molar-refractivity contribution in [3.8, 4) is 11.1 Å². The summed E-state index contributed by atoms with van der Waals surface area (Å²) in [5, 5.41) is 12.8. The largest absolute Gasteiger partial charge is 0.480 e. The molecule has 1 amide bonds. The lowest BCUT2D eigenvalue weighted by atomic mass is 9.97. The number of carboxylic acids is 1. The third-order valence-electron chi connectivity index (χ3n) is 6.90. The normalized spacial score (nSPS) is 18.6. The van der Waals surface area contributed by atoms with Crippen molar-refractivity contribution >= 4 is 56.9 Å². The number of aliphatic carboxylic acids is 1. The van der Waals surface area contributed by atoms with E-state index in [2.05, 4.69) is 5.32 Å². The molecule has 206 valence electrons. The van der Waals surface area contributed by atoms with E-state index in [1.807, 2.05) is 54.8 Å². The summed E-state index contributed by atoms with van der Waals surface area (Å²) in [5.41, 5.74) is 1.33. The van der Waals surface area contributed by atoms with Crippen LogP contribution in [0.15, 0.2) is 76.5 Å². The van der Waals surface area contributed by atoms with Crippen LogP contribution in [-0.2, 0) is 26.0 Å². The van der Waals surface area contributed by atoms with Crippen LogP contribution in [0.2, 0.25) is 10.0 Å². The van der Waals surface area contributed by atoms with Gasteiger partial charge >= 0.3 is 5.97 Å². The van der Waals surface area contributed by atoms with Crippen molar-refractivity contribution < 1.29 is 23.1 Å². The standard InChI is InChI=1S/C28H28Cl2N2O5S2/c1-28(12-5-13-32(28)39(36,37)22-16-20(29)15-21(30)17-22)27(35)31-24(26(33)34)14-18-8-10-19(11-9-18)23-6-3-4-7-25(23)38-2/h3-4,6-11,15-17,24H,5,12-14H2,1-2H3,(H,31,35)(H,33,34)/t24-,28-/m0/s1. The summed E-state index contributed by atoms with van der Waals surface area (Å²) in [6, 6.07) is 18.3. The van der Waals surface area contributed by atoms with Gasteiger partial charge in [0.05, 0.1) is 4.90 Å². The number of hydrogen-bond acceptors (Lipinski definition) is 5. The zero-order valence-corrected chi connectivity index (χ0v) is 24.5. The minimum Gasteiger partial charge on any atom is -0.480 e. The predicted molar refractivity (Wildman–Crippen MR) is 155 cm³/mol. The van der Waals surface area contributed by atoms with Crippen LogP contribution in [0.25, 0.3) is 11.1 Å². The Kier molecular flexibility index (Phi) is 8.98. The van der Waals surface area contributed by atoms with Crippen molar-refractivity contribution in [2.75, 3.05) is 12.8 Å². The minimum atomic E-state index is -4.13. The van der Waals surface area contributed by atoms with Crippen LogP contribution in [0, 0.1) is 0 Å². The van der Waals surface area contributed by atoms with E-state index in [4.69, 9.17) is 23.2 Å². The maximum absolute atomic E-state index is 13.5. The molecule has 0 unspecified atom stereocenters. The molecule has 3 aromatic rings. The smallest absolute Gasteiger partial charge is 0.326 e. The number of thioether (sulfide) groups is 1. The van der Waals surface area contributed by atoms with Crippen molar-refractivity contribution in [2.24, 2.45) is 0 Å². The van der Waals surface area contributed by atoms with Crippen LogP contribution in [0.5, 0.6) is 0 Å². The third-order valence-corrected chi connectivity index (χ3v) is 10.1. The second kappa shape index (κ2) is 11.9. The summed E-state index contributed by atoms with van der Waals surface area (Å²) in [4.78, 5) is 26.6. The third kappa shape index (κ3) is 6.28. The van der Waals surface area contributed by atoms with Gasteiger partial charge in [0.15, 0.2) is 0 Å². The first-order chi connectivity index (χ1) is 18.5. The topological polar surface area (TPSA) is 104 Å². The highest BCUT2D eigenvalue weighted by Gasteiger charge is 2.50. The molecule has 1 aliphatic rings. The molecule has 2 atom stereocenters. The Morgan fingerprint density at radius 1 is 1.08 bits per heavy atom. The molecule has 0 aromatic heterocycles. The van der Waals surface area contributed by atoms with E-state index in [0.717, 1.165) is 25.9 Å². The van der Waals surface area contributed by atoms with Gasteiger partial charge in [0, 0.05) is 27.9 Å². The molecular formula is C28H28Cl2N2O5S2. The Labute approximate surface area is 242 Å². The monoisotopic (exact) mass is 606 g/mol. The number of carbonyl (C=O) groups is 2. The predicted octanol–water partition coefficient (Wildman–Crippen LogP) is 5.74. The number of sulfonamides is 1. The number of hydrogen-bond donors (Lipinski definition) is 2. The fourth-order valence-electron chi connectivity index (χ4n) is 4.81. The number of amides is 1. The van der Waals surface area contributed by atoms with Crippen molar-refractivity contribution in [2.45, 2.75) is 47.6 Å². The maximum Gasteiger partial charge on any atom is 0.326 e. The Morgan fingerprint density at radius 3 is 2.33 bits per heavy atom. The highest BCUT2D eigenvalue weighted by molar-refractivity contribution is 7.98. The number of nitrogens with zero attached hydrogens (tertiary/aromatic N) is 1. The second-order valence-electron chi connectivity index (χ2n) is 9.53. The number of carboxylic acid groups (broad SMARTS) is 1. The first kappa shape index (κ1) is 29.4. The van der Waals surface area contributed by atoms with E-state index in [1.165, 1.54) is 25.1 Å². The maximum atomic E-state index is 13.5. The molecule has 0 saturated carbocycles. The molecule has 1 saturated heterocycles. The van der Waals surface area contributed by atoms with Gasteiger partial charge in [-0.1, -0.05) is 65.7 Å². The fraction of sp³-hybridized carbons (Fsp3) is 0.286. The number of rotatable bonds is 9. The molecule has 1 fully saturated rings.